The Labute approximate surface area is 393 Å². The normalized spacial score (nSPS) is 11.5. The molecule has 0 radical (unpaired) electrons. The number of methoxy groups -OCH3 is 2. The van der Waals surface area contributed by atoms with Crippen molar-refractivity contribution < 1.29 is 43.7 Å². The summed E-state index contributed by atoms with van der Waals surface area (Å²) in [6.45, 7) is 9.84. The number of carbonyl (C=O) groups is 5. The van der Waals surface area contributed by atoms with Gasteiger partial charge in [-0.1, -0.05) is 31.2 Å². The van der Waals surface area contributed by atoms with E-state index < -0.39 is 35.8 Å². The van der Waals surface area contributed by atoms with Crippen molar-refractivity contribution in [3.05, 3.63) is 115 Å². The predicted molar refractivity (Wildman–Crippen MR) is 254 cm³/mol. The van der Waals surface area contributed by atoms with Gasteiger partial charge in [0.2, 0.25) is 11.9 Å². The molecule has 19 nitrogen and oxygen atoms in total. The molecule has 0 spiro atoms. The number of aromatic hydroxyl groups is 2. The summed E-state index contributed by atoms with van der Waals surface area (Å²) < 4.78 is 9.45. The van der Waals surface area contributed by atoms with Crippen LogP contribution in [0.15, 0.2) is 60.7 Å². The second-order valence-electron chi connectivity index (χ2n) is 15.3. The first kappa shape index (κ1) is 52.4. The number of hydrogen-bond donors (Lipinski definition) is 8. The molecule has 67 heavy (non-hydrogen) atoms. The Balaban J connectivity index is 0.000000304. The molecule has 0 unspecified atom stereocenters. The van der Waals surface area contributed by atoms with Crippen LogP contribution in [-0.4, -0.2) is 112 Å². The minimum absolute atomic E-state index is 0.0732. The highest BCUT2D eigenvalue weighted by Crippen LogP contribution is 2.19. The van der Waals surface area contributed by atoms with E-state index in [1.165, 1.54) is 25.6 Å². The zero-order valence-electron chi connectivity index (χ0n) is 38.8. The van der Waals surface area contributed by atoms with Crippen molar-refractivity contribution in [1.82, 2.24) is 35.9 Å². The van der Waals surface area contributed by atoms with Gasteiger partial charge in [-0.25, -0.2) is 29.5 Å². The topological polar surface area (TPSA) is 282 Å². The first-order chi connectivity index (χ1) is 32.1. The molecule has 20 heteroatoms. The number of benzene rings is 2. The van der Waals surface area contributed by atoms with Crippen LogP contribution in [0.4, 0.5) is 11.9 Å². The lowest BCUT2D eigenvalue weighted by molar-refractivity contribution is -0.143. The van der Waals surface area contributed by atoms with E-state index in [-0.39, 0.29) is 36.1 Å². The molecule has 0 aliphatic carbocycles. The Morgan fingerprint density at radius 2 is 1.10 bits per heavy atom. The minimum atomic E-state index is -1.09. The molecule has 0 bridgehead atoms. The fraction of sp³-hybridized carbons (Fsp3) is 0.383. The second-order valence-corrected chi connectivity index (χ2v) is 16.4. The molecule has 358 valence electrons. The number of hydrogen-bond acceptors (Lipinski definition) is 17. The molecular formula is C47H60N10O9S. The third-order valence-electron chi connectivity index (χ3n) is 10.2. The maximum absolute atomic E-state index is 13.1. The fourth-order valence-electron chi connectivity index (χ4n) is 6.78. The molecule has 3 amide bonds. The van der Waals surface area contributed by atoms with Crippen LogP contribution in [0.25, 0.3) is 0 Å². The predicted octanol–water partition coefficient (Wildman–Crippen LogP) is 4.24. The molecule has 2 aromatic carbocycles. The molecule has 9 N–H and O–H groups in total. The number of nitrogens with two attached hydrogens (primary N) is 1. The lowest BCUT2D eigenvalue weighted by Crippen LogP contribution is -2.49. The summed E-state index contributed by atoms with van der Waals surface area (Å²) in [7, 11) is 2.45. The molecule has 3 aromatic heterocycles. The van der Waals surface area contributed by atoms with Gasteiger partial charge in [0.1, 0.15) is 23.6 Å². The maximum atomic E-state index is 13.1. The van der Waals surface area contributed by atoms with Gasteiger partial charge in [-0.3, -0.25) is 14.4 Å². The Morgan fingerprint density at radius 1 is 0.657 bits per heavy atom. The smallest absolute Gasteiger partial charge is 0.330 e. The van der Waals surface area contributed by atoms with Gasteiger partial charge in [0.05, 0.1) is 53.0 Å². The Hall–Kier alpha value is -7.19. The zero-order chi connectivity index (χ0) is 49.0. The number of carbonyl (C=O) groups excluding carboxylic acids is 5. The highest BCUT2D eigenvalue weighted by Gasteiger charge is 2.27. The van der Waals surface area contributed by atoms with E-state index >= 15 is 0 Å². The van der Waals surface area contributed by atoms with Crippen molar-refractivity contribution in [3.8, 4) is 11.5 Å². The summed E-state index contributed by atoms with van der Waals surface area (Å²) in [5.74, 6) is -1.31. The van der Waals surface area contributed by atoms with E-state index in [0.29, 0.717) is 58.2 Å². The minimum Gasteiger partial charge on any atom is -0.508 e. The summed E-state index contributed by atoms with van der Waals surface area (Å²) in [6, 6.07) is 15.9. The fourth-order valence-corrected chi connectivity index (χ4v) is 7.65. The largest absolute Gasteiger partial charge is 0.508 e. The average Bonchev–Trinajstić information content (AvgIpc) is 3.79. The molecule has 2 atom stereocenters. The number of aryl methyl sites for hydroxylation is 7. The monoisotopic (exact) mass is 940 g/mol. The number of thiophene rings is 1. The van der Waals surface area contributed by atoms with Gasteiger partial charge in [0.15, 0.2) is 0 Å². The van der Waals surface area contributed by atoms with Crippen molar-refractivity contribution in [3.63, 3.8) is 0 Å². The van der Waals surface area contributed by atoms with E-state index in [0.717, 1.165) is 48.1 Å². The Kier molecular flexibility index (Phi) is 20.4. The second kappa shape index (κ2) is 26.1. The number of rotatable bonds is 21. The van der Waals surface area contributed by atoms with E-state index in [9.17, 15) is 34.2 Å². The first-order valence-electron chi connectivity index (χ1n) is 21.7. The SMILES string of the molecule is CCc1ccc(C(=O)NC[C@H](NC(=O)c2c(C)nc(NCCCc3cccc(O)c3)nc2C)C(=O)OC)s1.COC(=O)[C@H](CN)NC(=O)c1c(C)nc(NCCCc2cccc(O)c2)nc1C. The number of nitrogens with zero attached hydrogens (tertiary/aromatic N) is 4. The van der Waals surface area contributed by atoms with E-state index in [1.54, 1.807) is 58.0 Å². The zero-order valence-corrected chi connectivity index (χ0v) is 39.6. The van der Waals surface area contributed by atoms with Crippen LogP contribution in [0.2, 0.25) is 0 Å². The number of amides is 3. The molecule has 0 aliphatic heterocycles. The number of phenolic OH excluding ortho intramolecular Hbond substituents is 2. The molecule has 0 saturated carbocycles. The summed E-state index contributed by atoms with van der Waals surface area (Å²) in [6.07, 6.45) is 4.02. The Bertz CT molecular complexity index is 2450. The van der Waals surface area contributed by atoms with Gasteiger partial charge in [0, 0.05) is 31.1 Å². The average molecular weight is 941 g/mol. The number of ether oxygens (including phenoxy) is 2. The summed E-state index contributed by atoms with van der Waals surface area (Å²) in [5, 5.41) is 33.3. The van der Waals surface area contributed by atoms with Gasteiger partial charge in [0.25, 0.3) is 17.7 Å². The van der Waals surface area contributed by atoms with Crippen molar-refractivity contribution >= 4 is 52.9 Å². The van der Waals surface area contributed by atoms with Crippen LogP contribution in [0.5, 0.6) is 11.5 Å². The van der Waals surface area contributed by atoms with Gasteiger partial charge >= 0.3 is 11.9 Å². The van der Waals surface area contributed by atoms with E-state index in [1.807, 2.05) is 37.3 Å². The van der Waals surface area contributed by atoms with Gasteiger partial charge in [-0.15, -0.1) is 11.3 Å². The molecule has 5 rings (SSSR count). The molecule has 5 aromatic rings. The third kappa shape index (κ3) is 16.0. The highest BCUT2D eigenvalue weighted by molar-refractivity contribution is 7.14. The first-order valence-corrected chi connectivity index (χ1v) is 22.5. The number of nitrogens with one attached hydrogen (secondary N) is 5. The summed E-state index contributed by atoms with van der Waals surface area (Å²) >= 11 is 1.38. The number of phenols is 2. The molecule has 0 saturated heterocycles. The highest BCUT2D eigenvalue weighted by atomic mass is 32.1. The summed E-state index contributed by atoms with van der Waals surface area (Å²) in [5.41, 5.74) is 10.0. The van der Waals surface area contributed by atoms with Gasteiger partial charge in [-0.05, 0) is 107 Å². The van der Waals surface area contributed by atoms with Crippen LogP contribution in [0.1, 0.15) is 88.9 Å². The lowest BCUT2D eigenvalue weighted by atomic mass is 10.1. The number of esters is 2. The number of aromatic nitrogens is 4. The van der Waals surface area contributed by atoms with Crippen molar-refractivity contribution in [2.75, 3.05) is 51.0 Å². The summed E-state index contributed by atoms with van der Waals surface area (Å²) in [4.78, 5) is 81.2. The third-order valence-corrected chi connectivity index (χ3v) is 11.4. The lowest BCUT2D eigenvalue weighted by Gasteiger charge is -2.18. The van der Waals surface area contributed by atoms with Crippen LogP contribution in [-0.2, 0) is 38.3 Å². The number of anilines is 2. The maximum Gasteiger partial charge on any atom is 0.330 e. The van der Waals surface area contributed by atoms with Crippen molar-refractivity contribution in [1.29, 1.82) is 0 Å². The molecule has 3 heterocycles. The van der Waals surface area contributed by atoms with E-state index in [2.05, 4.69) is 51.3 Å². The van der Waals surface area contributed by atoms with Gasteiger partial charge < -0.3 is 52.0 Å². The molecule has 0 fully saturated rings. The van der Waals surface area contributed by atoms with Crippen LogP contribution < -0.4 is 32.3 Å². The van der Waals surface area contributed by atoms with Crippen LogP contribution in [0.3, 0.4) is 0 Å². The Morgan fingerprint density at radius 3 is 1.51 bits per heavy atom. The molecular weight excluding hydrogens is 881 g/mol. The standard InChI is InChI=1S/C27H33N5O5S.C20H27N5O4/c1-5-20-11-12-22(38-20)24(34)29-15-21(26(36)37-4)32-25(35)23-16(2)30-27(31-17(23)3)28-13-7-9-18-8-6-10-19(33)14-18;1-12-17(18(27)25-16(11-21)19(28)29-3)13(2)24-20(23-12)22-9-5-7-14-6-4-8-15(26)10-14/h6,8,10-12,14,21,33H,5,7,9,13,15H2,1-4H3,(H,29,34)(H,32,35)(H,28,30,31);4,6,8,10,16,26H,5,7,9,11,21H2,1-3H3,(H,25,27)(H,22,23,24)/t21-;16-/m00/s1. The molecule has 0 aliphatic rings. The van der Waals surface area contributed by atoms with Gasteiger partial charge in [-0.2, -0.15) is 0 Å². The quantitative estimate of drug-likeness (QED) is 0.0377. The van der Waals surface area contributed by atoms with Crippen LogP contribution >= 0.6 is 11.3 Å². The van der Waals surface area contributed by atoms with E-state index in [4.69, 9.17) is 10.5 Å². The van der Waals surface area contributed by atoms with Crippen molar-refractivity contribution in [2.24, 2.45) is 5.73 Å². The van der Waals surface area contributed by atoms with Crippen LogP contribution in [0, 0.1) is 27.7 Å². The van der Waals surface area contributed by atoms with Crippen molar-refractivity contribution in [2.45, 2.75) is 78.8 Å².